The van der Waals surface area contributed by atoms with Crippen molar-refractivity contribution in [3.63, 3.8) is 0 Å². The molecular weight excluding hydrogens is 156 g/mol. The molecule has 0 bridgehead atoms. The molecule has 0 radical (unpaired) electrons. The fraction of sp³-hybridized carbons (Fsp3) is 0.875. The van der Waals surface area contributed by atoms with Gasteiger partial charge in [-0.25, -0.2) is 0 Å². The first-order chi connectivity index (χ1) is 5.52. The third kappa shape index (κ3) is 5.09. The second kappa shape index (κ2) is 5.11. The number of hydrogen-bond acceptors (Lipinski definition) is 3. The minimum Gasteiger partial charge on any atom is -0.375 e. The van der Waals surface area contributed by atoms with Gasteiger partial charge in [0.1, 0.15) is 6.61 Å². The molecule has 0 fully saturated rings. The van der Waals surface area contributed by atoms with E-state index in [1.165, 1.54) is 7.11 Å². The van der Waals surface area contributed by atoms with Gasteiger partial charge in [-0.15, -0.1) is 0 Å². The molecule has 0 saturated carbocycles. The van der Waals surface area contributed by atoms with Gasteiger partial charge in [-0.2, -0.15) is 0 Å². The van der Waals surface area contributed by atoms with Gasteiger partial charge in [0.05, 0.1) is 0 Å². The summed E-state index contributed by atoms with van der Waals surface area (Å²) in [6.07, 6.45) is 0.766. The van der Waals surface area contributed by atoms with E-state index in [4.69, 9.17) is 5.73 Å². The van der Waals surface area contributed by atoms with E-state index < -0.39 is 0 Å². The van der Waals surface area contributed by atoms with Crippen molar-refractivity contribution < 1.29 is 9.53 Å². The van der Waals surface area contributed by atoms with Crippen LogP contribution in [0.5, 0.6) is 0 Å². The molecular formula is C8H18N2O2. The molecule has 0 aliphatic rings. The zero-order valence-electron chi connectivity index (χ0n) is 8.02. The van der Waals surface area contributed by atoms with Gasteiger partial charge in [-0.3, -0.25) is 4.79 Å². The molecule has 0 aromatic carbocycles. The summed E-state index contributed by atoms with van der Waals surface area (Å²) in [7, 11) is 1.50. The number of nitrogens with two attached hydrogens (primary N) is 1. The molecule has 0 heterocycles. The molecule has 0 unspecified atom stereocenters. The summed E-state index contributed by atoms with van der Waals surface area (Å²) in [5.41, 5.74) is 5.15. The lowest BCUT2D eigenvalue weighted by molar-refractivity contribution is -0.126. The maximum atomic E-state index is 11.1. The van der Waals surface area contributed by atoms with Gasteiger partial charge >= 0.3 is 0 Å². The van der Waals surface area contributed by atoms with Crippen molar-refractivity contribution in [1.82, 2.24) is 5.32 Å². The molecule has 0 aliphatic heterocycles. The highest BCUT2D eigenvalue weighted by Crippen LogP contribution is 2.05. The Kier molecular flexibility index (Phi) is 4.85. The summed E-state index contributed by atoms with van der Waals surface area (Å²) < 4.78 is 4.68. The Morgan fingerprint density at radius 1 is 1.58 bits per heavy atom. The highest BCUT2D eigenvalue weighted by Gasteiger charge is 2.18. The van der Waals surface area contributed by atoms with Crippen LogP contribution in [0.25, 0.3) is 0 Å². The van der Waals surface area contributed by atoms with Gasteiger partial charge in [0.25, 0.3) is 0 Å². The van der Waals surface area contributed by atoms with Crippen molar-refractivity contribution in [3.05, 3.63) is 0 Å². The second-order valence-electron chi connectivity index (χ2n) is 3.40. The predicted octanol–water partition coefficient (Wildman–Crippen LogP) is -0.124. The van der Waals surface area contributed by atoms with E-state index in [1.807, 2.05) is 13.8 Å². The highest BCUT2D eigenvalue weighted by atomic mass is 16.5. The van der Waals surface area contributed by atoms with Gasteiger partial charge < -0.3 is 15.8 Å². The zero-order chi connectivity index (χ0) is 9.61. The molecule has 3 N–H and O–H groups in total. The zero-order valence-corrected chi connectivity index (χ0v) is 8.02. The molecule has 1 amide bonds. The maximum absolute atomic E-state index is 11.1. The Morgan fingerprint density at radius 2 is 2.17 bits per heavy atom. The van der Waals surface area contributed by atoms with E-state index in [0.717, 1.165) is 6.42 Å². The SMILES string of the molecule is COCC(=O)NC(C)(C)CCN. The minimum absolute atomic E-state index is 0.101. The van der Waals surface area contributed by atoms with Crippen LogP contribution < -0.4 is 11.1 Å². The van der Waals surface area contributed by atoms with Crippen LogP contribution >= 0.6 is 0 Å². The lowest BCUT2D eigenvalue weighted by Crippen LogP contribution is -2.46. The first-order valence-electron chi connectivity index (χ1n) is 4.02. The molecule has 0 aliphatic carbocycles. The lowest BCUT2D eigenvalue weighted by atomic mass is 10.0. The van der Waals surface area contributed by atoms with Gasteiger partial charge in [-0.1, -0.05) is 0 Å². The second-order valence-corrected chi connectivity index (χ2v) is 3.40. The van der Waals surface area contributed by atoms with E-state index in [0.29, 0.717) is 6.54 Å². The van der Waals surface area contributed by atoms with Crippen LogP contribution in [0.4, 0.5) is 0 Å². The number of ether oxygens (including phenoxy) is 1. The fourth-order valence-corrected chi connectivity index (χ4v) is 0.968. The van der Waals surface area contributed by atoms with E-state index >= 15 is 0 Å². The molecule has 0 aromatic heterocycles. The average Bonchev–Trinajstić information content (AvgIpc) is 1.85. The number of amides is 1. The molecule has 0 spiro atoms. The highest BCUT2D eigenvalue weighted by molar-refractivity contribution is 5.77. The Hall–Kier alpha value is -0.610. The number of carbonyl (C=O) groups is 1. The first kappa shape index (κ1) is 11.4. The summed E-state index contributed by atoms with van der Waals surface area (Å²) in [6.45, 7) is 4.55. The van der Waals surface area contributed by atoms with Crippen molar-refractivity contribution in [2.75, 3.05) is 20.3 Å². The standard InChI is InChI=1S/C8H18N2O2/c1-8(2,4-5-9)10-7(11)6-12-3/h4-6,9H2,1-3H3,(H,10,11). The molecule has 0 saturated heterocycles. The third-order valence-corrected chi connectivity index (χ3v) is 1.52. The van der Waals surface area contributed by atoms with Crippen LogP contribution in [-0.2, 0) is 9.53 Å². The van der Waals surface area contributed by atoms with E-state index in [-0.39, 0.29) is 18.1 Å². The Morgan fingerprint density at radius 3 is 2.58 bits per heavy atom. The van der Waals surface area contributed by atoms with Crippen LogP contribution in [-0.4, -0.2) is 31.7 Å². The quantitative estimate of drug-likeness (QED) is 0.610. The largest absolute Gasteiger partial charge is 0.375 e. The maximum Gasteiger partial charge on any atom is 0.246 e. The van der Waals surface area contributed by atoms with Gasteiger partial charge in [0.15, 0.2) is 0 Å². The number of nitrogens with one attached hydrogen (secondary N) is 1. The molecule has 4 nitrogen and oxygen atoms in total. The number of carbonyl (C=O) groups excluding carboxylic acids is 1. The Balaban J connectivity index is 3.79. The molecule has 0 rings (SSSR count). The fourth-order valence-electron chi connectivity index (χ4n) is 0.968. The van der Waals surface area contributed by atoms with Gasteiger partial charge in [0, 0.05) is 12.6 Å². The third-order valence-electron chi connectivity index (χ3n) is 1.52. The summed E-state index contributed by atoms with van der Waals surface area (Å²) in [6, 6.07) is 0. The Labute approximate surface area is 73.5 Å². The summed E-state index contributed by atoms with van der Waals surface area (Å²) in [4.78, 5) is 11.1. The molecule has 0 atom stereocenters. The van der Waals surface area contributed by atoms with E-state index in [2.05, 4.69) is 10.1 Å². The van der Waals surface area contributed by atoms with Gasteiger partial charge in [0.2, 0.25) is 5.91 Å². The molecule has 12 heavy (non-hydrogen) atoms. The van der Waals surface area contributed by atoms with Gasteiger partial charge in [-0.05, 0) is 26.8 Å². The normalized spacial score (nSPS) is 11.3. The topological polar surface area (TPSA) is 64.3 Å². The number of methoxy groups -OCH3 is 1. The summed E-state index contributed by atoms with van der Waals surface area (Å²) in [5.74, 6) is -0.101. The Bertz CT molecular complexity index is 146. The minimum atomic E-state index is -0.232. The van der Waals surface area contributed by atoms with Crippen LogP contribution in [0.15, 0.2) is 0 Å². The van der Waals surface area contributed by atoms with Crippen molar-refractivity contribution in [3.8, 4) is 0 Å². The van der Waals surface area contributed by atoms with Crippen LogP contribution in [0.1, 0.15) is 20.3 Å². The van der Waals surface area contributed by atoms with Crippen LogP contribution in [0, 0.1) is 0 Å². The monoisotopic (exact) mass is 174 g/mol. The summed E-state index contributed by atoms with van der Waals surface area (Å²) >= 11 is 0. The lowest BCUT2D eigenvalue weighted by Gasteiger charge is -2.25. The van der Waals surface area contributed by atoms with Crippen molar-refractivity contribution >= 4 is 5.91 Å². The van der Waals surface area contributed by atoms with Crippen molar-refractivity contribution in [2.24, 2.45) is 5.73 Å². The smallest absolute Gasteiger partial charge is 0.246 e. The van der Waals surface area contributed by atoms with Crippen molar-refractivity contribution in [1.29, 1.82) is 0 Å². The number of rotatable bonds is 5. The molecule has 0 aromatic rings. The molecule has 4 heteroatoms. The van der Waals surface area contributed by atoms with Crippen LogP contribution in [0.2, 0.25) is 0 Å². The molecule has 72 valence electrons. The first-order valence-corrected chi connectivity index (χ1v) is 4.02. The van der Waals surface area contributed by atoms with Crippen LogP contribution in [0.3, 0.4) is 0 Å². The average molecular weight is 174 g/mol. The number of hydrogen-bond donors (Lipinski definition) is 2. The summed E-state index contributed by atoms with van der Waals surface area (Å²) in [5, 5.41) is 2.81. The van der Waals surface area contributed by atoms with E-state index in [1.54, 1.807) is 0 Å². The van der Waals surface area contributed by atoms with E-state index in [9.17, 15) is 4.79 Å². The predicted molar refractivity (Wildman–Crippen MR) is 47.8 cm³/mol. The van der Waals surface area contributed by atoms with Crippen molar-refractivity contribution in [2.45, 2.75) is 25.8 Å².